The first-order valence-electron chi connectivity index (χ1n) is 8.68. The number of nitrogens with zero attached hydrogens (tertiary/aromatic N) is 1. The van der Waals surface area contributed by atoms with Crippen molar-refractivity contribution in [2.45, 2.75) is 6.29 Å². The summed E-state index contributed by atoms with van der Waals surface area (Å²) in [5, 5.41) is 0. The molecule has 0 spiro atoms. The van der Waals surface area contributed by atoms with Gasteiger partial charge in [0.05, 0.1) is 24.5 Å². The van der Waals surface area contributed by atoms with E-state index in [-0.39, 0.29) is 6.29 Å². The molecule has 1 saturated heterocycles. The van der Waals surface area contributed by atoms with Gasteiger partial charge in [-0.05, 0) is 23.1 Å². The molecule has 128 valence electrons. The van der Waals surface area contributed by atoms with Gasteiger partial charge in [-0.15, -0.1) is 0 Å². The van der Waals surface area contributed by atoms with Crippen molar-refractivity contribution in [2.24, 2.45) is 4.99 Å². The summed E-state index contributed by atoms with van der Waals surface area (Å²) in [6.45, 7) is 1.22. The fourth-order valence-corrected chi connectivity index (χ4v) is 2.95. The van der Waals surface area contributed by atoms with Crippen molar-refractivity contribution in [3.8, 4) is 0 Å². The SMILES string of the molecule is C(=Nc1ccccc1C1OCCO1)=C(c1ccccc1)c1ccccc1. The molecule has 0 aliphatic carbocycles. The fourth-order valence-electron chi connectivity index (χ4n) is 2.95. The van der Waals surface area contributed by atoms with Crippen LogP contribution in [0.2, 0.25) is 0 Å². The molecular weight excluding hydrogens is 322 g/mol. The van der Waals surface area contributed by atoms with E-state index in [1.165, 1.54) is 0 Å². The number of aliphatic imine (C=N–C) groups is 1. The van der Waals surface area contributed by atoms with Crippen LogP contribution in [0.15, 0.2) is 89.9 Å². The number of hydrogen-bond donors (Lipinski definition) is 0. The molecule has 4 rings (SSSR count). The normalized spacial score (nSPS) is 14.0. The lowest BCUT2D eigenvalue weighted by atomic mass is 9.99. The number of rotatable bonds is 4. The third-order valence-electron chi connectivity index (χ3n) is 4.23. The van der Waals surface area contributed by atoms with Crippen LogP contribution in [0.25, 0.3) is 5.57 Å². The Bertz CT molecular complexity index is 881. The minimum absolute atomic E-state index is 0.353. The van der Waals surface area contributed by atoms with Crippen molar-refractivity contribution in [2.75, 3.05) is 13.2 Å². The van der Waals surface area contributed by atoms with Crippen LogP contribution in [0.1, 0.15) is 23.0 Å². The van der Waals surface area contributed by atoms with Crippen LogP contribution in [0.3, 0.4) is 0 Å². The summed E-state index contributed by atoms with van der Waals surface area (Å²) in [4.78, 5) is 4.66. The average molecular weight is 341 g/mol. The molecule has 0 aromatic heterocycles. The molecule has 1 fully saturated rings. The predicted octanol–water partition coefficient (Wildman–Crippen LogP) is 5.17. The van der Waals surface area contributed by atoms with Crippen LogP contribution in [-0.4, -0.2) is 19.1 Å². The first-order valence-corrected chi connectivity index (χ1v) is 8.68. The Labute approximate surface area is 153 Å². The zero-order chi connectivity index (χ0) is 17.6. The van der Waals surface area contributed by atoms with Gasteiger partial charge < -0.3 is 9.47 Å². The first-order chi connectivity index (χ1) is 12.9. The Morgan fingerprint density at radius 3 is 1.88 bits per heavy atom. The third-order valence-corrected chi connectivity index (χ3v) is 4.23. The van der Waals surface area contributed by atoms with Gasteiger partial charge in [0.2, 0.25) is 0 Å². The second-order valence-electron chi connectivity index (χ2n) is 5.96. The minimum Gasteiger partial charge on any atom is -0.346 e. The zero-order valence-electron chi connectivity index (χ0n) is 14.3. The lowest BCUT2D eigenvalue weighted by molar-refractivity contribution is -0.0436. The van der Waals surface area contributed by atoms with E-state index in [2.05, 4.69) is 35.1 Å². The van der Waals surface area contributed by atoms with Crippen LogP contribution in [-0.2, 0) is 9.47 Å². The quantitative estimate of drug-likeness (QED) is 0.613. The standard InChI is InChI=1S/C23H19NO2/c1-3-9-18(10-4-1)21(19-11-5-2-6-12-19)17-24-22-14-8-7-13-20(22)23-25-15-16-26-23/h1-14,23H,15-16H2. The molecule has 0 saturated carbocycles. The fraction of sp³-hybridized carbons (Fsp3) is 0.130. The van der Waals surface area contributed by atoms with Gasteiger partial charge in [0.25, 0.3) is 0 Å². The van der Waals surface area contributed by atoms with Crippen LogP contribution < -0.4 is 0 Å². The van der Waals surface area contributed by atoms with Gasteiger partial charge in [-0.1, -0.05) is 78.9 Å². The van der Waals surface area contributed by atoms with Gasteiger partial charge in [-0.2, -0.15) is 0 Å². The Morgan fingerprint density at radius 1 is 0.731 bits per heavy atom. The summed E-state index contributed by atoms with van der Waals surface area (Å²) in [6.07, 6.45) is -0.353. The zero-order valence-corrected chi connectivity index (χ0v) is 14.3. The van der Waals surface area contributed by atoms with E-state index in [1.807, 2.05) is 60.7 Å². The van der Waals surface area contributed by atoms with Gasteiger partial charge >= 0.3 is 0 Å². The van der Waals surface area contributed by atoms with Gasteiger partial charge in [-0.3, -0.25) is 0 Å². The molecule has 0 N–H and O–H groups in total. The van der Waals surface area contributed by atoms with Crippen molar-refractivity contribution in [3.63, 3.8) is 0 Å². The Hall–Kier alpha value is -2.97. The van der Waals surface area contributed by atoms with Gasteiger partial charge in [-0.25, -0.2) is 4.99 Å². The average Bonchev–Trinajstić information content (AvgIpc) is 3.25. The van der Waals surface area contributed by atoms with Crippen molar-refractivity contribution in [1.82, 2.24) is 0 Å². The predicted molar refractivity (Wildman–Crippen MR) is 104 cm³/mol. The molecule has 0 radical (unpaired) electrons. The van der Waals surface area contributed by atoms with E-state index in [9.17, 15) is 0 Å². The minimum atomic E-state index is -0.353. The summed E-state index contributed by atoms with van der Waals surface area (Å²) in [5.41, 5.74) is 4.84. The lowest BCUT2D eigenvalue weighted by Gasteiger charge is -2.11. The molecule has 0 amide bonds. The van der Waals surface area contributed by atoms with E-state index in [1.54, 1.807) is 0 Å². The Kier molecular flexibility index (Phi) is 5.04. The number of ether oxygens (including phenoxy) is 2. The maximum atomic E-state index is 5.64. The maximum Gasteiger partial charge on any atom is 0.186 e. The monoisotopic (exact) mass is 341 g/mol. The second-order valence-corrected chi connectivity index (χ2v) is 5.96. The number of para-hydroxylation sites is 1. The van der Waals surface area contributed by atoms with E-state index in [0.717, 1.165) is 28.0 Å². The van der Waals surface area contributed by atoms with Crippen LogP contribution in [0, 0.1) is 0 Å². The van der Waals surface area contributed by atoms with Gasteiger partial charge in [0, 0.05) is 5.56 Å². The molecular formula is C23H19NO2. The Balaban J connectivity index is 1.81. The molecule has 26 heavy (non-hydrogen) atoms. The van der Waals surface area contributed by atoms with Crippen molar-refractivity contribution >= 4 is 17.1 Å². The molecule has 0 unspecified atom stereocenters. The van der Waals surface area contributed by atoms with Crippen LogP contribution in [0.4, 0.5) is 5.69 Å². The second kappa shape index (κ2) is 7.94. The van der Waals surface area contributed by atoms with Gasteiger partial charge in [0.1, 0.15) is 0 Å². The molecule has 1 heterocycles. The summed E-state index contributed by atoms with van der Waals surface area (Å²) in [6, 6.07) is 28.3. The largest absolute Gasteiger partial charge is 0.346 e. The van der Waals surface area contributed by atoms with Crippen LogP contribution in [0.5, 0.6) is 0 Å². The van der Waals surface area contributed by atoms with Crippen molar-refractivity contribution in [3.05, 3.63) is 102 Å². The highest BCUT2D eigenvalue weighted by atomic mass is 16.7. The highest BCUT2D eigenvalue weighted by Gasteiger charge is 2.20. The van der Waals surface area contributed by atoms with Crippen LogP contribution >= 0.6 is 0 Å². The molecule has 3 nitrogen and oxygen atoms in total. The van der Waals surface area contributed by atoms with Crippen molar-refractivity contribution < 1.29 is 9.47 Å². The molecule has 3 heteroatoms. The molecule has 0 atom stereocenters. The van der Waals surface area contributed by atoms with E-state index >= 15 is 0 Å². The van der Waals surface area contributed by atoms with E-state index < -0.39 is 0 Å². The first kappa shape index (κ1) is 16.5. The summed E-state index contributed by atoms with van der Waals surface area (Å²) in [7, 11) is 0. The summed E-state index contributed by atoms with van der Waals surface area (Å²) >= 11 is 0. The molecule has 1 aliphatic heterocycles. The van der Waals surface area contributed by atoms with E-state index in [4.69, 9.17) is 9.47 Å². The summed E-state index contributed by atoms with van der Waals surface area (Å²) < 4.78 is 11.3. The highest BCUT2D eigenvalue weighted by Crippen LogP contribution is 2.31. The molecule has 3 aromatic rings. The van der Waals surface area contributed by atoms with Crippen molar-refractivity contribution in [1.29, 1.82) is 0 Å². The number of hydrogen-bond acceptors (Lipinski definition) is 3. The Morgan fingerprint density at radius 2 is 1.27 bits per heavy atom. The molecule has 0 bridgehead atoms. The third kappa shape index (κ3) is 3.66. The smallest absolute Gasteiger partial charge is 0.186 e. The lowest BCUT2D eigenvalue weighted by Crippen LogP contribution is -1.98. The number of benzene rings is 3. The molecule has 1 aliphatic rings. The van der Waals surface area contributed by atoms with E-state index in [0.29, 0.717) is 13.2 Å². The highest BCUT2D eigenvalue weighted by molar-refractivity contribution is 5.99. The maximum absolute atomic E-state index is 5.64. The summed E-state index contributed by atoms with van der Waals surface area (Å²) in [5.74, 6) is 3.26. The topological polar surface area (TPSA) is 30.8 Å². The van der Waals surface area contributed by atoms with Gasteiger partial charge in [0.15, 0.2) is 6.29 Å². The molecule has 3 aromatic carbocycles.